The Labute approximate surface area is 316 Å². The number of amides is 1. The Morgan fingerprint density at radius 3 is 2.10 bits per heavy atom. The first-order chi connectivity index (χ1) is 24.1. The second-order valence-electron chi connectivity index (χ2n) is 18.8. The van der Waals surface area contributed by atoms with Gasteiger partial charge in [0.1, 0.15) is 18.0 Å². The minimum atomic E-state index is -0.875. The van der Waals surface area contributed by atoms with Crippen LogP contribution in [0.2, 0.25) is 0 Å². The zero-order valence-corrected chi connectivity index (χ0v) is 35.2. The Morgan fingerprint density at radius 1 is 1.00 bits per heavy atom. The summed E-state index contributed by atoms with van der Waals surface area (Å²) < 4.78 is 25.1. The maximum Gasteiger partial charge on any atom is 0.309 e. The van der Waals surface area contributed by atoms with E-state index < -0.39 is 52.9 Å². The van der Waals surface area contributed by atoms with Crippen molar-refractivity contribution in [2.24, 2.45) is 58.0 Å². The molecule has 2 aliphatic carbocycles. The number of rotatable bonds is 19. The van der Waals surface area contributed by atoms with Crippen LogP contribution in [0.5, 0.6) is 0 Å². The minimum absolute atomic E-state index is 0.0889. The van der Waals surface area contributed by atoms with Crippen LogP contribution in [0.15, 0.2) is 0 Å². The number of nitrogens with two attached hydrogens (primary N) is 1. The van der Waals surface area contributed by atoms with Gasteiger partial charge < -0.3 is 29.8 Å². The van der Waals surface area contributed by atoms with E-state index in [-0.39, 0.29) is 41.5 Å². The zero-order chi connectivity index (χ0) is 39.4. The Hall–Kier alpha value is -1.55. The van der Waals surface area contributed by atoms with Crippen LogP contribution in [-0.4, -0.2) is 72.6 Å². The maximum absolute atomic E-state index is 14.5. The summed E-state index contributed by atoms with van der Waals surface area (Å²) in [4.78, 5) is 40.7. The summed E-state index contributed by atoms with van der Waals surface area (Å²) >= 11 is 0. The average Bonchev–Trinajstić information content (AvgIpc) is 3.09. The summed E-state index contributed by atoms with van der Waals surface area (Å²) in [6, 6.07) is 0. The van der Waals surface area contributed by atoms with Crippen LogP contribution in [0.3, 0.4) is 0 Å². The van der Waals surface area contributed by atoms with Gasteiger partial charge in [0.05, 0.1) is 29.3 Å². The summed E-state index contributed by atoms with van der Waals surface area (Å²) in [5, 5.41) is 11.1. The summed E-state index contributed by atoms with van der Waals surface area (Å²) in [5.74, 6) is -0.682. The highest BCUT2D eigenvalue weighted by molar-refractivity contribution is 5.88. The second kappa shape index (κ2) is 17.9. The van der Waals surface area contributed by atoms with Crippen LogP contribution in [-0.2, 0) is 33.3 Å². The average molecular weight is 736 g/mol. The molecule has 0 aromatic rings. The van der Waals surface area contributed by atoms with Crippen LogP contribution in [0, 0.1) is 52.3 Å². The number of primary amides is 1. The van der Waals surface area contributed by atoms with Crippen molar-refractivity contribution in [2.75, 3.05) is 14.2 Å². The maximum atomic E-state index is 14.5. The molecule has 0 spiro atoms. The van der Waals surface area contributed by atoms with Gasteiger partial charge in [-0.15, -0.1) is 0 Å². The molecule has 302 valence electrons. The normalized spacial score (nSPS) is 33.4. The molecule has 2 unspecified atom stereocenters. The summed E-state index contributed by atoms with van der Waals surface area (Å²) in [5.41, 5.74) is 3.16. The first kappa shape index (κ1) is 44.8. The molecule has 9 heteroatoms. The van der Waals surface area contributed by atoms with Crippen LogP contribution < -0.4 is 5.73 Å². The highest BCUT2D eigenvalue weighted by Gasteiger charge is 2.55. The Kier molecular flexibility index (Phi) is 15.5. The number of carbonyl (C=O) groups excluding carboxylic acids is 3. The number of ketones is 1. The molecule has 1 heterocycles. The van der Waals surface area contributed by atoms with Crippen LogP contribution in [0.4, 0.5) is 0 Å². The Balaban J connectivity index is 1.93. The molecule has 0 radical (unpaired) electrons. The standard InChI is InChI=1S/C43H77NO8/c1-14-34(40(8,9)25-35(44)45)52-39(48)29(5)36(33-24-42(11,50-13)38(47)31(7)51-33)28(4)30(6)41(10,49-12)22-26(2)37(46)43(21-20-27(43)3)23-32-18-16-15-17-19-32/h26-34,36,38,47H,14-25H2,1-13H3,(H2,44,45)/t26-,27-,28-,29-,30-,31+,33?,34-,36+,38+,41-,42-,43?/m1/s1. The monoisotopic (exact) mass is 736 g/mol. The van der Waals surface area contributed by atoms with Gasteiger partial charge in [-0.05, 0) is 76.5 Å². The molecule has 0 aromatic carbocycles. The van der Waals surface area contributed by atoms with Crippen molar-refractivity contribution in [1.29, 1.82) is 0 Å². The van der Waals surface area contributed by atoms with Crippen molar-refractivity contribution in [3.63, 3.8) is 0 Å². The van der Waals surface area contributed by atoms with Crippen molar-refractivity contribution < 1.29 is 38.4 Å². The lowest BCUT2D eigenvalue weighted by molar-refractivity contribution is -0.235. The van der Waals surface area contributed by atoms with E-state index >= 15 is 0 Å². The van der Waals surface area contributed by atoms with Gasteiger partial charge in [-0.1, -0.05) is 87.5 Å². The highest BCUT2D eigenvalue weighted by atomic mass is 16.6. The van der Waals surface area contributed by atoms with Gasteiger partial charge in [-0.2, -0.15) is 0 Å². The Morgan fingerprint density at radius 2 is 1.62 bits per heavy atom. The van der Waals surface area contributed by atoms with Crippen LogP contribution in [0.25, 0.3) is 0 Å². The molecule has 3 N–H and O–H groups in total. The van der Waals surface area contributed by atoms with Crippen molar-refractivity contribution in [3.05, 3.63) is 0 Å². The predicted octanol–water partition coefficient (Wildman–Crippen LogP) is 8.06. The number of ether oxygens (including phenoxy) is 4. The van der Waals surface area contributed by atoms with Gasteiger partial charge >= 0.3 is 5.97 Å². The first-order valence-electron chi connectivity index (χ1n) is 20.6. The van der Waals surface area contributed by atoms with E-state index in [9.17, 15) is 19.5 Å². The number of aliphatic hydroxyl groups is 1. The van der Waals surface area contributed by atoms with Gasteiger partial charge in [0, 0.05) is 49.7 Å². The number of hydrogen-bond acceptors (Lipinski definition) is 8. The van der Waals surface area contributed by atoms with Gasteiger partial charge in [0.15, 0.2) is 0 Å². The highest BCUT2D eigenvalue weighted by Crippen LogP contribution is 2.55. The second-order valence-corrected chi connectivity index (χ2v) is 18.8. The number of methoxy groups -OCH3 is 2. The minimum Gasteiger partial charge on any atom is -0.462 e. The van der Waals surface area contributed by atoms with Crippen LogP contribution in [0.1, 0.15) is 153 Å². The molecule has 1 saturated heterocycles. The molecule has 13 atom stereocenters. The molecule has 3 rings (SSSR count). The smallest absolute Gasteiger partial charge is 0.309 e. The third-order valence-electron chi connectivity index (χ3n) is 14.9. The van der Waals surface area contributed by atoms with E-state index in [0.717, 1.165) is 19.3 Å². The van der Waals surface area contributed by atoms with E-state index in [0.29, 0.717) is 36.9 Å². The lowest BCUT2D eigenvalue weighted by Crippen LogP contribution is -2.59. The van der Waals surface area contributed by atoms with Crippen molar-refractivity contribution >= 4 is 17.7 Å². The quantitative estimate of drug-likeness (QED) is 0.127. The van der Waals surface area contributed by atoms with Gasteiger partial charge in [-0.25, -0.2) is 0 Å². The van der Waals surface area contributed by atoms with Gasteiger partial charge in [0.2, 0.25) is 5.91 Å². The van der Waals surface area contributed by atoms with E-state index in [1.807, 2.05) is 41.5 Å². The van der Waals surface area contributed by atoms with E-state index in [4.69, 9.17) is 24.7 Å². The zero-order valence-electron chi connectivity index (χ0n) is 35.2. The summed E-state index contributed by atoms with van der Waals surface area (Å²) in [7, 11) is 3.34. The molecular weight excluding hydrogens is 658 g/mol. The molecular formula is C43H77NO8. The molecule has 0 bridgehead atoms. The fourth-order valence-electron chi connectivity index (χ4n) is 10.7. The molecule has 1 aliphatic heterocycles. The summed E-state index contributed by atoms with van der Waals surface area (Å²) in [6.07, 6.45) is 8.77. The molecule has 9 nitrogen and oxygen atoms in total. The van der Waals surface area contributed by atoms with Crippen molar-refractivity contribution in [2.45, 2.75) is 189 Å². The number of Topliss-reactive ketones (excluding diaryl/α,β-unsaturated/α-hetero) is 1. The third-order valence-corrected chi connectivity index (χ3v) is 14.9. The van der Waals surface area contributed by atoms with E-state index in [1.165, 1.54) is 32.1 Å². The predicted molar refractivity (Wildman–Crippen MR) is 205 cm³/mol. The van der Waals surface area contributed by atoms with Crippen LogP contribution >= 0.6 is 0 Å². The number of esters is 1. The first-order valence-corrected chi connectivity index (χ1v) is 20.6. The van der Waals surface area contributed by atoms with Crippen molar-refractivity contribution in [1.82, 2.24) is 0 Å². The Bertz CT molecular complexity index is 1200. The SMILES string of the molecule is CC[C@@H](OC(=O)[C@H](C)[C@@H](C1C[C@@](C)(OC)[C@@H](O)[C@H](C)O1)[C@H](C)[C@@H](C)[C@@](C)(C[C@@H](C)C(=O)C1(CC2CCCCC2)CC[C@H]1C)OC)C(C)(C)CC(N)=O. The lowest BCUT2D eigenvalue weighted by atomic mass is 9.52. The fraction of sp³-hybridized carbons (Fsp3) is 0.930. The van der Waals surface area contributed by atoms with Crippen molar-refractivity contribution in [3.8, 4) is 0 Å². The van der Waals surface area contributed by atoms with E-state index in [2.05, 4.69) is 34.6 Å². The van der Waals surface area contributed by atoms with Gasteiger partial charge in [-0.3, -0.25) is 14.4 Å². The largest absolute Gasteiger partial charge is 0.462 e. The van der Waals surface area contributed by atoms with E-state index in [1.54, 1.807) is 14.2 Å². The molecule has 3 fully saturated rings. The summed E-state index contributed by atoms with van der Waals surface area (Å²) in [6.45, 7) is 22.2. The fourth-order valence-corrected chi connectivity index (χ4v) is 10.7. The molecule has 2 saturated carbocycles. The molecule has 1 amide bonds. The number of aliphatic hydroxyl groups excluding tert-OH is 1. The molecule has 52 heavy (non-hydrogen) atoms. The lowest BCUT2D eigenvalue weighted by Gasteiger charge is -2.52. The number of hydrogen-bond donors (Lipinski definition) is 2. The van der Waals surface area contributed by atoms with Gasteiger partial charge in [0.25, 0.3) is 0 Å². The molecule has 3 aliphatic rings. The third kappa shape index (κ3) is 9.63. The molecule has 0 aromatic heterocycles. The topological polar surface area (TPSA) is 134 Å². The number of carbonyl (C=O) groups is 3.